The molecule has 4 saturated carbocycles. The zero-order valence-corrected chi connectivity index (χ0v) is 36.7. The van der Waals surface area contributed by atoms with Crippen LogP contribution < -0.4 is 9.47 Å². The molecule has 2 spiro atoms. The van der Waals surface area contributed by atoms with E-state index in [1.54, 1.807) is 31.3 Å². The van der Waals surface area contributed by atoms with Gasteiger partial charge in [-0.1, -0.05) is 63.6 Å². The molecule has 9 nitrogen and oxygen atoms in total. The Morgan fingerprint density at radius 1 is 0.933 bits per heavy atom. The Hall–Kier alpha value is -3.73. The van der Waals surface area contributed by atoms with Crippen molar-refractivity contribution in [3.05, 3.63) is 82.2 Å². The molecule has 10 rings (SSSR count). The van der Waals surface area contributed by atoms with Gasteiger partial charge in [0.25, 0.3) is 5.91 Å². The summed E-state index contributed by atoms with van der Waals surface area (Å²) in [4.78, 5) is 45.6. The molecule has 0 radical (unpaired) electrons. The lowest BCUT2D eigenvalue weighted by atomic mass is 9.32. The third-order valence-electron chi connectivity index (χ3n) is 18.4. The summed E-state index contributed by atoms with van der Waals surface area (Å²) in [6.45, 7) is 10.3. The number of aliphatic hydroxyl groups is 2. The largest absolute Gasteiger partial charge is 0.497 e. The van der Waals surface area contributed by atoms with Crippen molar-refractivity contribution in [3.8, 4) is 11.5 Å². The molecule has 322 valence electrons. The number of halogens is 2. The van der Waals surface area contributed by atoms with Crippen LogP contribution in [-0.2, 0) is 32.1 Å². The van der Waals surface area contributed by atoms with Gasteiger partial charge in [0.2, 0.25) is 0 Å². The molecule has 60 heavy (non-hydrogen) atoms. The number of carbonyl (C=O) groups is 3. The number of methoxy groups -OCH3 is 2. The van der Waals surface area contributed by atoms with E-state index in [1.807, 2.05) is 32.9 Å². The van der Waals surface area contributed by atoms with Crippen LogP contribution in [0.25, 0.3) is 0 Å². The fourth-order valence-electron chi connectivity index (χ4n) is 14.3. The number of aliphatic hydroxyl groups excluding tert-OH is 1. The summed E-state index contributed by atoms with van der Waals surface area (Å²) in [5, 5.41) is 24.8. The maximum Gasteiger partial charge on any atom is 0.313 e. The van der Waals surface area contributed by atoms with Crippen molar-refractivity contribution in [3.63, 3.8) is 0 Å². The Morgan fingerprint density at radius 2 is 1.65 bits per heavy atom. The predicted octanol–water partition coefficient (Wildman–Crippen LogP) is 8.35. The number of amides is 1. The van der Waals surface area contributed by atoms with Crippen molar-refractivity contribution in [2.75, 3.05) is 20.8 Å². The normalized spacial score (nSPS) is 40.3. The van der Waals surface area contributed by atoms with Crippen LogP contribution in [0.15, 0.2) is 60.2 Å². The van der Waals surface area contributed by atoms with Crippen LogP contribution in [0.1, 0.15) is 104 Å². The number of esters is 1. The van der Waals surface area contributed by atoms with Crippen molar-refractivity contribution in [2.24, 2.45) is 44.3 Å². The molecule has 1 aliphatic heterocycles. The van der Waals surface area contributed by atoms with E-state index in [1.165, 1.54) is 12.1 Å². The van der Waals surface area contributed by atoms with E-state index in [4.69, 9.17) is 25.8 Å². The lowest BCUT2D eigenvalue weighted by Crippen LogP contribution is -2.68. The summed E-state index contributed by atoms with van der Waals surface area (Å²) < 4.78 is 32.8. The molecule has 1 amide bonds. The molecule has 2 aromatic carbocycles. The average Bonchev–Trinajstić information content (AvgIpc) is 3.66. The lowest BCUT2D eigenvalue weighted by molar-refractivity contribution is -0.189. The highest BCUT2D eigenvalue weighted by Crippen LogP contribution is 2.78. The number of ether oxygens (including phenoxy) is 3. The van der Waals surface area contributed by atoms with Gasteiger partial charge in [-0.05, 0) is 106 Å². The van der Waals surface area contributed by atoms with E-state index < -0.39 is 50.2 Å². The van der Waals surface area contributed by atoms with Crippen LogP contribution in [0.2, 0.25) is 5.02 Å². The summed E-state index contributed by atoms with van der Waals surface area (Å²) >= 11 is 6.53. The van der Waals surface area contributed by atoms with Crippen molar-refractivity contribution >= 4 is 29.3 Å². The van der Waals surface area contributed by atoms with E-state index in [2.05, 4.69) is 32.1 Å². The Labute approximate surface area is 357 Å². The van der Waals surface area contributed by atoms with E-state index >= 15 is 9.18 Å². The van der Waals surface area contributed by atoms with Gasteiger partial charge in [-0.3, -0.25) is 14.4 Å². The quantitative estimate of drug-likeness (QED) is 0.181. The van der Waals surface area contributed by atoms with Gasteiger partial charge in [0.05, 0.1) is 37.9 Å². The molecule has 5 fully saturated rings. The Balaban J connectivity index is 1.14. The molecule has 11 heteroatoms. The highest BCUT2D eigenvalue weighted by atomic mass is 35.5. The topological polar surface area (TPSA) is 123 Å². The Bertz CT molecular complexity index is 2240. The minimum absolute atomic E-state index is 0.0259. The fraction of sp³-hybridized carbons (Fsp3) is 0.612. The van der Waals surface area contributed by atoms with Gasteiger partial charge in [-0.25, -0.2) is 4.39 Å². The SMILES string of the molecule is COc1ccc(CN(CC2(O)CCC3C45C=CC6(C=C4C(=O)Cc4c(F)cccc4Cl)CC(O)CCC6(C)C5CCC32C)C(=O)C23CCC(C)(C(=O)O2)C3(C)C)c(OC)c1. The van der Waals surface area contributed by atoms with Crippen LogP contribution in [0.5, 0.6) is 11.5 Å². The second-order valence-corrected chi connectivity index (χ2v) is 21.0. The molecule has 1 heterocycles. The molecule has 4 bridgehead atoms. The van der Waals surface area contributed by atoms with E-state index in [0.717, 1.165) is 6.42 Å². The molecule has 8 aliphatic rings. The molecule has 1 saturated heterocycles. The second kappa shape index (κ2) is 13.4. The Morgan fingerprint density at radius 3 is 2.32 bits per heavy atom. The van der Waals surface area contributed by atoms with Gasteiger partial charge < -0.3 is 29.3 Å². The Kier molecular flexibility index (Phi) is 9.29. The summed E-state index contributed by atoms with van der Waals surface area (Å²) in [6.07, 6.45) is 11.0. The number of benzene rings is 2. The third-order valence-corrected chi connectivity index (χ3v) is 18.8. The zero-order chi connectivity index (χ0) is 43.1. The predicted molar refractivity (Wildman–Crippen MR) is 224 cm³/mol. The summed E-state index contributed by atoms with van der Waals surface area (Å²) in [5.41, 5.74) is -5.35. The van der Waals surface area contributed by atoms with E-state index in [0.29, 0.717) is 74.0 Å². The molecule has 2 aromatic rings. The lowest BCUT2D eigenvalue weighted by Gasteiger charge is -2.71. The maximum atomic E-state index is 15.4. The highest BCUT2D eigenvalue weighted by Gasteiger charge is 2.78. The number of allylic oxidation sites excluding steroid dienone is 4. The first-order valence-corrected chi connectivity index (χ1v) is 22.1. The molecule has 0 aromatic heterocycles. The van der Waals surface area contributed by atoms with Crippen molar-refractivity contribution in [2.45, 2.75) is 123 Å². The van der Waals surface area contributed by atoms with Crippen LogP contribution in [0, 0.1) is 50.1 Å². The monoisotopic (exact) mass is 843 g/mol. The number of Topliss-reactive ketones (excluding diaryl/α,β-unsaturated/α-hetero) is 1. The number of hydrogen-bond acceptors (Lipinski definition) is 8. The minimum atomic E-state index is -1.42. The molecule has 7 aliphatic carbocycles. The van der Waals surface area contributed by atoms with Crippen molar-refractivity contribution in [1.29, 1.82) is 0 Å². The first-order chi connectivity index (χ1) is 28.2. The molecule has 10 unspecified atom stereocenters. The van der Waals surface area contributed by atoms with Crippen LogP contribution in [0.3, 0.4) is 0 Å². The average molecular weight is 844 g/mol. The highest BCUT2D eigenvalue weighted by molar-refractivity contribution is 6.31. The van der Waals surface area contributed by atoms with Gasteiger partial charge in [0.1, 0.15) is 17.3 Å². The number of hydrogen-bond donors (Lipinski definition) is 2. The molecule has 10 atom stereocenters. The summed E-state index contributed by atoms with van der Waals surface area (Å²) in [5.74, 6) is -0.500. The van der Waals surface area contributed by atoms with Gasteiger partial charge >= 0.3 is 5.97 Å². The fourth-order valence-corrected chi connectivity index (χ4v) is 14.5. The zero-order valence-electron chi connectivity index (χ0n) is 36.0. The van der Waals surface area contributed by atoms with Crippen LogP contribution >= 0.6 is 11.6 Å². The molecular formula is C49H59ClFNO8. The van der Waals surface area contributed by atoms with Gasteiger partial charge in [0.15, 0.2) is 11.4 Å². The van der Waals surface area contributed by atoms with Gasteiger partial charge in [0, 0.05) is 62.4 Å². The number of rotatable bonds is 10. The van der Waals surface area contributed by atoms with E-state index in [9.17, 15) is 19.8 Å². The molecule has 2 N–H and O–H groups in total. The first-order valence-electron chi connectivity index (χ1n) is 21.8. The smallest absolute Gasteiger partial charge is 0.313 e. The van der Waals surface area contributed by atoms with Gasteiger partial charge in [-0.15, -0.1) is 0 Å². The van der Waals surface area contributed by atoms with E-state index in [-0.39, 0.29) is 65.0 Å². The van der Waals surface area contributed by atoms with Crippen LogP contribution in [0.4, 0.5) is 4.39 Å². The van der Waals surface area contributed by atoms with Crippen LogP contribution in [-0.4, -0.2) is 70.8 Å². The molecular weight excluding hydrogens is 785 g/mol. The number of fused-ring (bicyclic) bond motifs is 3. The summed E-state index contributed by atoms with van der Waals surface area (Å²) in [7, 11) is 3.14. The first kappa shape index (κ1) is 41.6. The number of ketones is 1. The standard InChI is InChI=1S/C49H59ClFNO8/c1-42(2)45(5)19-22-49(42,60-41(45)56)40(55)52(27-29-11-12-31(58-6)23-37(29)59-7)28-47(57)18-15-39-44(47,4)17-14-38-43(3)16-13-30(53)25-46(43)20-21-48(38,39)33(26-46)36(54)24-32-34(50)9-8-10-35(32)51/h8-12,20-21,23,26,30,38-39,53,57H,13-19,22,24-25,27-28H2,1-7H3. The van der Waals surface area contributed by atoms with Gasteiger partial charge in [-0.2, -0.15) is 0 Å². The number of carbonyl (C=O) groups excluding carboxylic acids is 3. The summed E-state index contributed by atoms with van der Waals surface area (Å²) in [6, 6.07) is 9.91. The number of nitrogens with zero attached hydrogens (tertiary/aromatic N) is 1. The van der Waals surface area contributed by atoms with Crippen molar-refractivity contribution in [1.82, 2.24) is 4.90 Å². The second-order valence-electron chi connectivity index (χ2n) is 20.6. The third kappa shape index (κ3) is 5.13. The van der Waals surface area contributed by atoms with Crippen molar-refractivity contribution < 1.29 is 43.2 Å². The minimum Gasteiger partial charge on any atom is -0.497 e. The maximum absolute atomic E-state index is 15.4.